The molecule has 4 rings (SSSR count). The molecule has 1 aliphatic carbocycles. The van der Waals surface area contributed by atoms with E-state index in [1.54, 1.807) is 24.3 Å². The van der Waals surface area contributed by atoms with Gasteiger partial charge < -0.3 is 15.2 Å². The van der Waals surface area contributed by atoms with Crippen molar-refractivity contribution in [2.75, 3.05) is 11.9 Å². The molecular weight excluding hydrogens is 469 g/mol. The average molecular weight is 499 g/mol. The van der Waals surface area contributed by atoms with E-state index < -0.39 is 18.2 Å². The number of fused-ring (bicyclic) bond motifs is 1. The quantitative estimate of drug-likeness (QED) is 0.259. The molecular formula is C28H29F3N2O3. The Hall–Kier alpha value is -3.20. The van der Waals surface area contributed by atoms with Crippen molar-refractivity contribution < 1.29 is 27.8 Å². The van der Waals surface area contributed by atoms with Crippen molar-refractivity contribution in [1.82, 2.24) is 5.32 Å². The summed E-state index contributed by atoms with van der Waals surface area (Å²) >= 11 is 0. The van der Waals surface area contributed by atoms with Crippen LogP contribution in [0.5, 0.6) is 0 Å². The van der Waals surface area contributed by atoms with Gasteiger partial charge in [-0.25, -0.2) is 0 Å². The number of halogens is 3. The summed E-state index contributed by atoms with van der Waals surface area (Å²) in [6.45, 7) is 2.55. The third-order valence-electron chi connectivity index (χ3n) is 6.24. The molecule has 1 unspecified atom stereocenters. The minimum atomic E-state index is -4.42. The number of hydrogen-bond acceptors (Lipinski definition) is 4. The first kappa shape index (κ1) is 25.9. The summed E-state index contributed by atoms with van der Waals surface area (Å²) in [4.78, 5) is 13.1. The van der Waals surface area contributed by atoms with Gasteiger partial charge in [-0.2, -0.15) is 13.2 Å². The van der Waals surface area contributed by atoms with Crippen molar-refractivity contribution in [3.05, 3.63) is 89.0 Å². The molecule has 1 amide bonds. The zero-order valence-corrected chi connectivity index (χ0v) is 19.9. The predicted octanol–water partition coefficient (Wildman–Crippen LogP) is 5.77. The van der Waals surface area contributed by atoms with E-state index in [1.165, 1.54) is 12.1 Å². The van der Waals surface area contributed by atoms with Crippen molar-refractivity contribution in [2.24, 2.45) is 0 Å². The highest BCUT2D eigenvalue weighted by Crippen LogP contribution is 2.32. The third kappa shape index (κ3) is 6.32. The van der Waals surface area contributed by atoms with Crippen molar-refractivity contribution in [1.29, 1.82) is 0 Å². The maximum Gasteiger partial charge on any atom is 0.416 e. The van der Waals surface area contributed by atoms with E-state index in [2.05, 4.69) is 17.6 Å². The number of aliphatic hydroxyl groups excluding tert-OH is 1. The van der Waals surface area contributed by atoms with Crippen LogP contribution in [0.1, 0.15) is 46.8 Å². The molecule has 5 nitrogen and oxygen atoms in total. The number of anilines is 1. The number of unbranched alkanes of at least 4 members (excludes halogenated alkanes) is 1. The van der Waals surface area contributed by atoms with Crippen LogP contribution in [0, 0.1) is 0 Å². The standard InChI is InChI=1S/C28H29F3N2O3/c1-2-3-14-36-27(35)33-23-15-19-10-13-22(16-20(19)17-23)32-26(34)25-7-5-4-6-24(25)18-8-11-21(12-9-18)28(29,30)31/h4-13,16,23,27,33,35H,2-3,14-15,17H2,1H3,(H,32,34)/t23?,27-/m0/s1. The summed E-state index contributed by atoms with van der Waals surface area (Å²) in [5.74, 6) is -0.349. The van der Waals surface area contributed by atoms with E-state index in [9.17, 15) is 23.1 Å². The zero-order chi connectivity index (χ0) is 25.7. The van der Waals surface area contributed by atoms with Gasteiger partial charge in [0.05, 0.1) is 12.2 Å². The lowest BCUT2D eigenvalue weighted by molar-refractivity contribution is -0.137. The fourth-order valence-corrected chi connectivity index (χ4v) is 4.37. The number of carbonyl (C=O) groups is 1. The van der Waals surface area contributed by atoms with Gasteiger partial charge in [0.1, 0.15) is 0 Å². The molecule has 1 aliphatic rings. The van der Waals surface area contributed by atoms with Gasteiger partial charge in [0, 0.05) is 17.3 Å². The van der Waals surface area contributed by atoms with Gasteiger partial charge in [0.25, 0.3) is 5.91 Å². The van der Waals surface area contributed by atoms with Gasteiger partial charge in [-0.05, 0) is 71.8 Å². The largest absolute Gasteiger partial charge is 0.416 e. The first-order valence-electron chi connectivity index (χ1n) is 12.0. The molecule has 3 aromatic rings. The Balaban J connectivity index is 1.43. The SMILES string of the molecule is CCCCO[C@H](O)NC1Cc2ccc(NC(=O)c3ccccc3-c3ccc(C(F)(F)F)cc3)cc2C1. The van der Waals surface area contributed by atoms with Crippen LogP contribution in [0.4, 0.5) is 18.9 Å². The lowest BCUT2D eigenvalue weighted by atomic mass is 9.98. The molecule has 0 aromatic heterocycles. The summed E-state index contributed by atoms with van der Waals surface area (Å²) < 4.78 is 44.2. The van der Waals surface area contributed by atoms with Crippen LogP contribution in [0.25, 0.3) is 11.1 Å². The monoisotopic (exact) mass is 498 g/mol. The highest BCUT2D eigenvalue weighted by atomic mass is 19.4. The predicted molar refractivity (Wildman–Crippen MR) is 132 cm³/mol. The molecule has 36 heavy (non-hydrogen) atoms. The maximum atomic E-state index is 13.1. The van der Waals surface area contributed by atoms with Gasteiger partial charge in [-0.3, -0.25) is 10.1 Å². The number of rotatable bonds is 9. The molecule has 0 heterocycles. The van der Waals surface area contributed by atoms with Crippen LogP contribution in [-0.2, 0) is 23.8 Å². The normalized spacial score (nSPS) is 16.0. The Kier molecular flexibility index (Phi) is 8.08. The minimum Gasteiger partial charge on any atom is -0.356 e. The summed E-state index contributed by atoms with van der Waals surface area (Å²) in [6, 6.07) is 17.3. The van der Waals surface area contributed by atoms with E-state index in [0.717, 1.165) is 42.5 Å². The Bertz CT molecular complexity index is 1200. The van der Waals surface area contributed by atoms with Crippen molar-refractivity contribution in [3.63, 3.8) is 0 Å². The molecule has 0 radical (unpaired) electrons. The number of hydrogen-bond donors (Lipinski definition) is 3. The number of ether oxygens (including phenoxy) is 1. The van der Waals surface area contributed by atoms with E-state index >= 15 is 0 Å². The average Bonchev–Trinajstić information content (AvgIpc) is 3.25. The number of carbonyl (C=O) groups excluding carboxylic acids is 1. The Labute approximate surface area is 208 Å². The second-order valence-electron chi connectivity index (χ2n) is 8.91. The van der Waals surface area contributed by atoms with Gasteiger partial charge in [-0.1, -0.05) is 49.7 Å². The van der Waals surface area contributed by atoms with E-state index in [-0.39, 0.29) is 11.9 Å². The van der Waals surface area contributed by atoms with Crippen LogP contribution in [0.15, 0.2) is 66.7 Å². The smallest absolute Gasteiger partial charge is 0.356 e. The number of amides is 1. The first-order valence-corrected chi connectivity index (χ1v) is 12.0. The highest BCUT2D eigenvalue weighted by molar-refractivity contribution is 6.08. The molecule has 0 aliphatic heterocycles. The molecule has 3 N–H and O–H groups in total. The molecule has 0 saturated carbocycles. The molecule has 190 valence electrons. The number of benzene rings is 3. The lowest BCUT2D eigenvalue weighted by Crippen LogP contribution is -2.40. The van der Waals surface area contributed by atoms with Crippen LogP contribution in [0.3, 0.4) is 0 Å². The first-order chi connectivity index (χ1) is 17.2. The summed E-state index contributed by atoms with van der Waals surface area (Å²) in [6.07, 6.45) is -2.13. The topological polar surface area (TPSA) is 70.6 Å². The van der Waals surface area contributed by atoms with Crippen molar-refractivity contribution >= 4 is 11.6 Å². The summed E-state index contributed by atoms with van der Waals surface area (Å²) in [5, 5.41) is 16.0. The Morgan fingerprint density at radius 2 is 1.78 bits per heavy atom. The van der Waals surface area contributed by atoms with Crippen molar-refractivity contribution in [2.45, 2.75) is 51.2 Å². The van der Waals surface area contributed by atoms with E-state index in [4.69, 9.17) is 4.74 Å². The van der Waals surface area contributed by atoms with Crippen LogP contribution >= 0.6 is 0 Å². The Morgan fingerprint density at radius 3 is 2.50 bits per heavy atom. The summed E-state index contributed by atoms with van der Waals surface area (Å²) in [7, 11) is 0. The molecule has 3 aromatic carbocycles. The number of alkyl halides is 3. The molecule has 0 fully saturated rings. The molecule has 0 spiro atoms. The number of aliphatic hydroxyl groups is 1. The van der Waals surface area contributed by atoms with Crippen LogP contribution in [0.2, 0.25) is 0 Å². The Morgan fingerprint density at radius 1 is 1.06 bits per heavy atom. The summed E-state index contributed by atoms with van der Waals surface area (Å²) in [5.41, 5.74) is 3.53. The van der Waals surface area contributed by atoms with Crippen molar-refractivity contribution in [3.8, 4) is 11.1 Å². The second-order valence-corrected chi connectivity index (χ2v) is 8.91. The fourth-order valence-electron chi connectivity index (χ4n) is 4.37. The van der Waals surface area contributed by atoms with E-state index in [0.29, 0.717) is 35.4 Å². The van der Waals surface area contributed by atoms with Crippen LogP contribution < -0.4 is 10.6 Å². The lowest BCUT2D eigenvalue weighted by Gasteiger charge is -2.18. The van der Waals surface area contributed by atoms with E-state index in [1.807, 2.05) is 18.2 Å². The van der Waals surface area contributed by atoms with Gasteiger partial charge >= 0.3 is 6.18 Å². The van der Waals surface area contributed by atoms with Gasteiger partial charge in [0.15, 0.2) is 0 Å². The number of nitrogens with one attached hydrogen (secondary N) is 2. The second kappa shape index (κ2) is 11.2. The fraction of sp³-hybridized carbons (Fsp3) is 0.321. The third-order valence-corrected chi connectivity index (χ3v) is 6.24. The zero-order valence-electron chi connectivity index (χ0n) is 19.9. The van der Waals surface area contributed by atoms with Crippen LogP contribution in [-0.4, -0.2) is 30.1 Å². The van der Waals surface area contributed by atoms with Gasteiger partial charge in [0.2, 0.25) is 6.41 Å². The molecule has 0 saturated heterocycles. The highest BCUT2D eigenvalue weighted by Gasteiger charge is 2.30. The molecule has 2 atom stereocenters. The minimum absolute atomic E-state index is 0.0305. The molecule has 0 bridgehead atoms. The maximum absolute atomic E-state index is 13.1. The molecule has 8 heteroatoms. The van der Waals surface area contributed by atoms with Gasteiger partial charge in [-0.15, -0.1) is 0 Å².